The predicted molar refractivity (Wildman–Crippen MR) is 67.9 cm³/mol. The highest BCUT2D eigenvalue weighted by molar-refractivity contribution is 7.88. The van der Waals surface area contributed by atoms with Gasteiger partial charge in [-0.3, -0.25) is 0 Å². The molecule has 0 bridgehead atoms. The van der Waals surface area contributed by atoms with Gasteiger partial charge in [0.1, 0.15) is 17.7 Å². The summed E-state index contributed by atoms with van der Waals surface area (Å²) in [5.41, 5.74) is 0. The number of hydrogen-bond acceptors (Lipinski definition) is 4. The molecule has 0 aromatic heterocycles. The number of rotatable bonds is 4. The van der Waals surface area contributed by atoms with Crippen LogP contribution in [0.15, 0.2) is 24.3 Å². The van der Waals surface area contributed by atoms with E-state index in [9.17, 15) is 17.9 Å². The Kier molecular flexibility index (Phi) is 4.07. The van der Waals surface area contributed by atoms with Gasteiger partial charge >= 0.3 is 0 Å². The van der Waals surface area contributed by atoms with Gasteiger partial charge in [-0.1, -0.05) is 6.07 Å². The first-order chi connectivity index (χ1) is 8.90. The van der Waals surface area contributed by atoms with E-state index >= 15 is 0 Å². The van der Waals surface area contributed by atoms with Crippen molar-refractivity contribution in [1.29, 1.82) is 0 Å². The molecule has 1 aliphatic heterocycles. The van der Waals surface area contributed by atoms with Crippen LogP contribution in [0, 0.1) is 5.82 Å². The maximum absolute atomic E-state index is 13.0. The molecule has 1 saturated heterocycles. The number of aliphatic hydroxyl groups excluding tert-OH is 1. The van der Waals surface area contributed by atoms with Gasteiger partial charge in [-0.25, -0.2) is 12.8 Å². The molecule has 1 heterocycles. The van der Waals surface area contributed by atoms with Crippen molar-refractivity contribution in [2.24, 2.45) is 0 Å². The van der Waals surface area contributed by atoms with E-state index in [4.69, 9.17) is 4.74 Å². The summed E-state index contributed by atoms with van der Waals surface area (Å²) in [6.07, 6.45) is 1.11. The maximum Gasteiger partial charge on any atom is 0.211 e. The molecule has 0 unspecified atom stereocenters. The molecule has 5 nitrogen and oxygen atoms in total. The van der Waals surface area contributed by atoms with E-state index in [0.29, 0.717) is 12.2 Å². The second kappa shape index (κ2) is 5.44. The lowest BCUT2D eigenvalue weighted by Crippen LogP contribution is -2.37. The van der Waals surface area contributed by atoms with E-state index in [1.807, 2.05) is 0 Å². The molecule has 7 heteroatoms. The standard InChI is InChI=1S/C12H16FNO4S/c1-19(16,17)14-7-12(6-10(14)8-15)18-11-4-2-3-9(13)5-11/h2-5,10,12,15H,6-8H2,1H3/t10-,12-/m0/s1. The first kappa shape index (κ1) is 14.2. The quantitative estimate of drug-likeness (QED) is 0.881. The minimum absolute atomic E-state index is 0.167. The second-order valence-corrected chi connectivity index (χ2v) is 6.54. The summed E-state index contributed by atoms with van der Waals surface area (Å²) >= 11 is 0. The van der Waals surface area contributed by atoms with Crippen LogP contribution < -0.4 is 4.74 Å². The van der Waals surface area contributed by atoms with Crippen LogP contribution in [0.3, 0.4) is 0 Å². The Bertz CT molecular complexity index is 548. The Hall–Kier alpha value is -1.18. The Morgan fingerprint density at radius 1 is 1.53 bits per heavy atom. The van der Waals surface area contributed by atoms with Gasteiger partial charge in [0.2, 0.25) is 10.0 Å². The predicted octanol–water partition coefficient (Wildman–Crippen LogP) is 0.599. The van der Waals surface area contributed by atoms with Crippen LogP contribution in [0.2, 0.25) is 0 Å². The summed E-state index contributed by atoms with van der Waals surface area (Å²) in [4.78, 5) is 0. The Labute approximate surface area is 111 Å². The minimum Gasteiger partial charge on any atom is -0.489 e. The van der Waals surface area contributed by atoms with Crippen LogP contribution in [0.5, 0.6) is 5.75 Å². The van der Waals surface area contributed by atoms with Crippen molar-refractivity contribution >= 4 is 10.0 Å². The highest BCUT2D eigenvalue weighted by Gasteiger charge is 2.38. The number of halogens is 1. The van der Waals surface area contributed by atoms with Crippen LogP contribution in [-0.2, 0) is 10.0 Å². The highest BCUT2D eigenvalue weighted by Crippen LogP contribution is 2.25. The summed E-state index contributed by atoms with van der Waals surface area (Å²) < 4.78 is 42.9. The van der Waals surface area contributed by atoms with Gasteiger partial charge in [0.25, 0.3) is 0 Å². The van der Waals surface area contributed by atoms with Crippen molar-refractivity contribution in [2.45, 2.75) is 18.6 Å². The van der Waals surface area contributed by atoms with Crippen molar-refractivity contribution < 1.29 is 22.7 Å². The lowest BCUT2D eigenvalue weighted by atomic mass is 10.2. The molecule has 1 aromatic carbocycles. The fraction of sp³-hybridized carbons (Fsp3) is 0.500. The Morgan fingerprint density at radius 2 is 2.26 bits per heavy atom. The summed E-state index contributed by atoms with van der Waals surface area (Å²) in [6, 6.07) is 5.21. The fourth-order valence-electron chi connectivity index (χ4n) is 2.24. The normalized spacial score (nSPS) is 24.6. The monoisotopic (exact) mass is 289 g/mol. The number of nitrogens with zero attached hydrogens (tertiary/aromatic N) is 1. The average molecular weight is 289 g/mol. The number of aliphatic hydroxyl groups is 1. The third-order valence-electron chi connectivity index (χ3n) is 3.06. The first-order valence-electron chi connectivity index (χ1n) is 5.90. The van der Waals surface area contributed by atoms with Crippen molar-refractivity contribution in [2.75, 3.05) is 19.4 Å². The lowest BCUT2D eigenvalue weighted by molar-refractivity contribution is 0.203. The molecule has 1 aromatic rings. The maximum atomic E-state index is 13.0. The molecule has 0 aliphatic carbocycles. The molecule has 0 radical (unpaired) electrons. The molecule has 0 saturated carbocycles. The summed E-state index contributed by atoms with van der Waals surface area (Å²) in [7, 11) is -3.38. The van der Waals surface area contributed by atoms with Gasteiger partial charge in [0.15, 0.2) is 0 Å². The van der Waals surface area contributed by atoms with E-state index in [2.05, 4.69) is 0 Å². The van der Waals surface area contributed by atoms with Crippen LogP contribution in [0.1, 0.15) is 6.42 Å². The molecule has 2 rings (SSSR count). The zero-order valence-corrected chi connectivity index (χ0v) is 11.3. The topological polar surface area (TPSA) is 66.8 Å². The van der Waals surface area contributed by atoms with Gasteiger partial charge in [-0.15, -0.1) is 0 Å². The van der Waals surface area contributed by atoms with Crippen LogP contribution in [0.25, 0.3) is 0 Å². The summed E-state index contributed by atoms with van der Waals surface area (Å²) in [6.45, 7) is -0.0867. The minimum atomic E-state index is -3.38. The molecule has 19 heavy (non-hydrogen) atoms. The molecule has 1 fully saturated rings. The number of ether oxygens (including phenoxy) is 1. The van der Waals surface area contributed by atoms with Crippen molar-refractivity contribution in [3.63, 3.8) is 0 Å². The SMILES string of the molecule is CS(=O)(=O)N1C[C@@H](Oc2cccc(F)c2)C[C@H]1CO. The molecule has 0 spiro atoms. The lowest BCUT2D eigenvalue weighted by Gasteiger charge is -2.19. The number of hydrogen-bond donors (Lipinski definition) is 1. The summed E-state index contributed by atoms with van der Waals surface area (Å²) in [5.74, 6) is -0.0498. The molecule has 0 amide bonds. The zero-order valence-electron chi connectivity index (χ0n) is 10.5. The Morgan fingerprint density at radius 3 is 2.79 bits per heavy atom. The number of sulfonamides is 1. The number of benzene rings is 1. The van der Waals surface area contributed by atoms with Crippen LogP contribution in [-0.4, -0.2) is 49.4 Å². The third kappa shape index (κ3) is 3.43. The molecule has 1 aliphatic rings. The van der Waals surface area contributed by atoms with Crippen molar-refractivity contribution in [1.82, 2.24) is 4.31 Å². The van der Waals surface area contributed by atoms with E-state index in [1.54, 1.807) is 6.07 Å². The van der Waals surface area contributed by atoms with E-state index in [0.717, 1.165) is 6.26 Å². The molecule has 2 atom stereocenters. The third-order valence-corrected chi connectivity index (χ3v) is 4.36. The van der Waals surface area contributed by atoms with Crippen molar-refractivity contribution in [3.8, 4) is 5.75 Å². The van der Waals surface area contributed by atoms with E-state index in [1.165, 1.54) is 22.5 Å². The fourth-order valence-corrected chi connectivity index (χ4v) is 3.37. The average Bonchev–Trinajstić information content (AvgIpc) is 2.72. The van der Waals surface area contributed by atoms with Crippen LogP contribution in [0.4, 0.5) is 4.39 Å². The molecule has 106 valence electrons. The van der Waals surface area contributed by atoms with Crippen molar-refractivity contribution in [3.05, 3.63) is 30.1 Å². The van der Waals surface area contributed by atoms with E-state index < -0.39 is 21.9 Å². The van der Waals surface area contributed by atoms with Gasteiger partial charge in [-0.05, 0) is 12.1 Å². The smallest absolute Gasteiger partial charge is 0.211 e. The van der Waals surface area contributed by atoms with Crippen LogP contribution >= 0.6 is 0 Å². The summed E-state index contributed by atoms with van der Waals surface area (Å²) in [5, 5.41) is 9.21. The highest BCUT2D eigenvalue weighted by atomic mass is 32.2. The Balaban J connectivity index is 2.08. The first-order valence-corrected chi connectivity index (χ1v) is 7.75. The van der Waals surface area contributed by atoms with Gasteiger partial charge in [-0.2, -0.15) is 4.31 Å². The molecular weight excluding hydrogens is 273 g/mol. The molecule has 1 N–H and O–H groups in total. The van der Waals surface area contributed by atoms with E-state index in [-0.39, 0.29) is 19.3 Å². The molecular formula is C12H16FNO4S. The van der Waals surface area contributed by atoms with Gasteiger partial charge in [0, 0.05) is 12.5 Å². The zero-order chi connectivity index (χ0) is 14.0. The largest absolute Gasteiger partial charge is 0.489 e. The second-order valence-electron chi connectivity index (χ2n) is 4.60. The van der Waals surface area contributed by atoms with Gasteiger partial charge in [0.05, 0.1) is 25.4 Å². The van der Waals surface area contributed by atoms with Gasteiger partial charge < -0.3 is 9.84 Å².